The lowest BCUT2D eigenvalue weighted by molar-refractivity contribution is -0.130. The van der Waals surface area contributed by atoms with E-state index in [4.69, 9.17) is 14.6 Å². The third-order valence-electron chi connectivity index (χ3n) is 3.10. The minimum absolute atomic E-state index is 0.0483. The molecule has 0 amide bonds. The molecule has 0 fully saturated rings. The Kier molecular flexibility index (Phi) is 6.75. The van der Waals surface area contributed by atoms with Crippen LogP contribution in [0.4, 0.5) is 0 Å². The third kappa shape index (κ3) is 4.81. The molecule has 0 heterocycles. The molecule has 0 unspecified atom stereocenters. The molecule has 0 aliphatic carbocycles. The molecule has 8 heteroatoms. The van der Waals surface area contributed by atoms with E-state index in [1.54, 1.807) is 6.07 Å². The van der Waals surface area contributed by atoms with E-state index in [0.29, 0.717) is 12.9 Å². The number of carboxylic acids is 1. The topological polar surface area (TPSA) is 89.9 Å². The number of hydrogen-bond donors (Lipinski definition) is 1. The highest BCUT2D eigenvalue weighted by Gasteiger charge is 2.19. The lowest BCUT2D eigenvalue weighted by Gasteiger charge is -2.11. The summed E-state index contributed by atoms with van der Waals surface area (Å²) in [5, 5.41) is 9.15. The van der Waals surface area contributed by atoms with Gasteiger partial charge in [0.1, 0.15) is 11.3 Å². The van der Waals surface area contributed by atoms with Crippen LogP contribution in [0.2, 0.25) is 0 Å². The van der Waals surface area contributed by atoms with E-state index in [0.717, 1.165) is 0 Å². The summed E-state index contributed by atoms with van der Waals surface area (Å²) in [6.45, 7) is 5.06. The van der Waals surface area contributed by atoms with E-state index in [9.17, 15) is 14.4 Å². The van der Waals surface area contributed by atoms with Crippen LogP contribution >= 0.6 is 45.2 Å². The van der Waals surface area contributed by atoms with E-state index in [-0.39, 0.29) is 22.4 Å². The van der Waals surface area contributed by atoms with Gasteiger partial charge in [0.2, 0.25) is 0 Å². The Bertz CT molecular complexity index is 897. The third-order valence-corrected chi connectivity index (χ3v) is 4.70. The highest BCUT2D eigenvalue weighted by Crippen LogP contribution is 2.30. The van der Waals surface area contributed by atoms with Gasteiger partial charge in [0.05, 0.1) is 12.7 Å². The first kappa shape index (κ1) is 20.4. The van der Waals surface area contributed by atoms with Crippen molar-refractivity contribution in [2.45, 2.75) is 6.92 Å². The van der Waals surface area contributed by atoms with Gasteiger partial charge in [-0.3, -0.25) is 0 Å². The molecule has 0 saturated heterocycles. The van der Waals surface area contributed by atoms with Crippen molar-refractivity contribution in [2.24, 2.45) is 0 Å². The molecule has 134 valence electrons. The predicted molar refractivity (Wildman–Crippen MR) is 111 cm³/mol. The SMILES string of the molecule is C=C(C)C(=O)Oc1c(I)cc(C(=O)Oc2ccccc2C(=O)O)cc1I. The molecule has 0 aliphatic heterocycles. The largest absolute Gasteiger partial charge is 0.478 e. The second-order valence-electron chi connectivity index (χ2n) is 5.13. The number of carboxylic acid groups (broad SMARTS) is 1. The zero-order valence-electron chi connectivity index (χ0n) is 13.4. The molecule has 0 spiro atoms. The maximum atomic E-state index is 12.4. The van der Waals surface area contributed by atoms with Crippen molar-refractivity contribution in [3.63, 3.8) is 0 Å². The zero-order chi connectivity index (χ0) is 19.4. The molecule has 2 rings (SSSR count). The van der Waals surface area contributed by atoms with Gasteiger partial charge >= 0.3 is 17.9 Å². The molecule has 0 bridgehead atoms. The summed E-state index contributed by atoms with van der Waals surface area (Å²) < 4.78 is 11.5. The van der Waals surface area contributed by atoms with Gasteiger partial charge in [-0.05, 0) is 76.4 Å². The van der Waals surface area contributed by atoms with Gasteiger partial charge in [-0.1, -0.05) is 18.7 Å². The normalized spacial score (nSPS) is 10.1. The standard InChI is InChI=1S/C18H12I2O6/c1-9(2)17(23)26-15-12(19)7-10(8-13(15)20)18(24)25-14-6-4-3-5-11(14)16(21)22/h3-8H,1H2,2H3,(H,21,22). The Balaban J connectivity index is 2.30. The molecule has 26 heavy (non-hydrogen) atoms. The molecule has 0 atom stereocenters. The summed E-state index contributed by atoms with van der Waals surface area (Å²) in [6.07, 6.45) is 0. The number of benzene rings is 2. The Hall–Kier alpha value is -1.95. The van der Waals surface area contributed by atoms with Crippen LogP contribution in [0.1, 0.15) is 27.6 Å². The predicted octanol–water partition coefficient (Wildman–Crippen LogP) is 4.29. The Morgan fingerprint density at radius 2 is 1.62 bits per heavy atom. The van der Waals surface area contributed by atoms with Crippen molar-refractivity contribution < 1.29 is 29.0 Å². The van der Waals surface area contributed by atoms with Crippen LogP contribution in [0.5, 0.6) is 11.5 Å². The second kappa shape index (κ2) is 8.62. The molecule has 2 aromatic rings. The van der Waals surface area contributed by atoms with Crippen molar-refractivity contribution in [2.75, 3.05) is 0 Å². The number of para-hydroxylation sites is 1. The Morgan fingerprint density at radius 1 is 1.04 bits per heavy atom. The van der Waals surface area contributed by atoms with Crippen molar-refractivity contribution >= 4 is 63.1 Å². The highest BCUT2D eigenvalue weighted by molar-refractivity contribution is 14.1. The summed E-state index contributed by atoms with van der Waals surface area (Å²) >= 11 is 3.87. The number of carbonyl (C=O) groups excluding carboxylic acids is 2. The second-order valence-corrected chi connectivity index (χ2v) is 7.45. The van der Waals surface area contributed by atoms with E-state index in [2.05, 4.69) is 6.58 Å². The number of ether oxygens (including phenoxy) is 2. The Labute approximate surface area is 176 Å². The summed E-state index contributed by atoms with van der Waals surface area (Å²) in [4.78, 5) is 35.3. The van der Waals surface area contributed by atoms with Gasteiger partial charge in [-0.15, -0.1) is 0 Å². The van der Waals surface area contributed by atoms with Gasteiger partial charge in [0.15, 0.2) is 5.75 Å². The molecule has 2 aromatic carbocycles. The molecule has 1 N–H and O–H groups in total. The van der Waals surface area contributed by atoms with Crippen molar-refractivity contribution in [1.29, 1.82) is 0 Å². The van der Waals surface area contributed by atoms with Crippen LogP contribution in [0.25, 0.3) is 0 Å². The fourth-order valence-corrected chi connectivity index (χ4v) is 3.83. The molecule has 0 saturated carbocycles. The molecule has 0 aromatic heterocycles. The maximum absolute atomic E-state index is 12.4. The number of esters is 2. The first-order chi connectivity index (χ1) is 12.2. The summed E-state index contributed by atoms with van der Waals surface area (Å²) in [5.41, 5.74) is 0.344. The number of halogens is 2. The summed E-state index contributed by atoms with van der Waals surface area (Å²) in [7, 11) is 0. The first-order valence-corrected chi connectivity index (χ1v) is 9.27. The average Bonchev–Trinajstić information content (AvgIpc) is 2.57. The van der Waals surface area contributed by atoms with E-state index in [1.807, 2.05) is 45.2 Å². The minimum Gasteiger partial charge on any atom is -0.478 e. The van der Waals surface area contributed by atoms with Crippen molar-refractivity contribution in [3.05, 3.63) is 66.8 Å². The van der Waals surface area contributed by atoms with Gasteiger partial charge in [0, 0.05) is 5.57 Å². The van der Waals surface area contributed by atoms with Gasteiger partial charge in [0.25, 0.3) is 0 Å². The van der Waals surface area contributed by atoms with Crippen LogP contribution in [0, 0.1) is 7.14 Å². The number of rotatable bonds is 5. The fourth-order valence-electron chi connectivity index (χ4n) is 1.85. The van der Waals surface area contributed by atoms with E-state index >= 15 is 0 Å². The number of aromatic carboxylic acids is 1. The van der Waals surface area contributed by atoms with Crippen molar-refractivity contribution in [3.8, 4) is 11.5 Å². The maximum Gasteiger partial charge on any atom is 0.343 e. The summed E-state index contributed by atoms with van der Waals surface area (Å²) in [6, 6.07) is 8.85. The number of hydrogen-bond acceptors (Lipinski definition) is 5. The average molecular weight is 578 g/mol. The van der Waals surface area contributed by atoms with E-state index < -0.39 is 17.9 Å². The number of carbonyl (C=O) groups is 3. The van der Waals surface area contributed by atoms with Gasteiger partial charge in [-0.2, -0.15) is 0 Å². The molecule has 0 radical (unpaired) electrons. The van der Waals surface area contributed by atoms with Gasteiger partial charge < -0.3 is 14.6 Å². The van der Waals surface area contributed by atoms with E-state index in [1.165, 1.54) is 37.3 Å². The quantitative estimate of drug-likeness (QED) is 0.247. The molecular formula is C18H12I2O6. The zero-order valence-corrected chi connectivity index (χ0v) is 17.7. The van der Waals surface area contributed by atoms with Gasteiger partial charge in [-0.25, -0.2) is 14.4 Å². The molecule has 0 aliphatic rings. The minimum atomic E-state index is -1.19. The highest BCUT2D eigenvalue weighted by atomic mass is 127. The Morgan fingerprint density at radius 3 is 2.15 bits per heavy atom. The van der Waals surface area contributed by atoms with Crippen LogP contribution in [0.15, 0.2) is 48.6 Å². The van der Waals surface area contributed by atoms with Crippen LogP contribution < -0.4 is 9.47 Å². The van der Waals surface area contributed by atoms with Crippen LogP contribution in [-0.4, -0.2) is 23.0 Å². The van der Waals surface area contributed by atoms with Crippen LogP contribution in [0.3, 0.4) is 0 Å². The fraction of sp³-hybridized carbons (Fsp3) is 0.0556. The molecule has 6 nitrogen and oxygen atoms in total. The smallest absolute Gasteiger partial charge is 0.343 e. The van der Waals surface area contributed by atoms with Crippen LogP contribution in [-0.2, 0) is 4.79 Å². The first-order valence-electron chi connectivity index (χ1n) is 7.12. The summed E-state index contributed by atoms with van der Waals surface area (Å²) in [5.74, 6) is -2.20. The molecular weight excluding hydrogens is 566 g/mol. The monoisotopic (exact) mass is 578 g/mol. The lowest BCUT2D eigenvalue weighted by atomic mass is 10.2. The lowest BCUT2D eigenvalue weighted by Crippen LogP contribution is -2.14. The van der Waals surface area contributed by atoms with Crippen molar-refractivity contribution in [1.82, 2.24) is 0 Å².